The van der Waals surface area contributed by atoms with Crippen molar-refractivity contribution in [3.8, 4) is 5.75 Å². The van der Waals surface area contributed by atoms with Crippen LogP contribution in [0.2, 0.25) is 5.02 Å². The molecule has 0 radical (unpaired) electrons. The highest BCUT2D eigenvalue weighted by Crippen LogP contribution is 2.24. The third-order valence-corrected chi connectivity index (χ3v) is 4.48. The highest BCUT2D eigenvalue weighted by atomic mass is 35.5. The number of nitrogens with zero attached hydrogens (tertiary/aromatic N) is 1. The van der Waals surface area contributed by atoms with Gasteiger partial charge in [-0.1, -0.05) is 37.1 Å². The summed E-state index contributed by atoms with van der Waals surface area (Å²) in [4.78, 5) is 14.7. The lowest BCUT2D eigenvalue weighted by Crippen LogP contribution is -2.39. The smallest absolute Gasteiger partial charge is 0.261 e. The Labute approximate surface area is 144 Å². The van der Waals surface area contributed by atoms with E-state index >= 15 is 0 Å². The van der Waals surface area contributed by atoms with E-state index in [9.17, 15) is 4.79 Å². The average Bonchev–Trinajstić information content (AvgIpc) is 2.59. The van der Waals surface area contributed by atoms with Gasteiger partial charge >= 0.3 is 0 Å². The second kappa shape index (κ2) is 9.78. The van der Waals surface area contributed by atoms with Gasteiger partial charge in [0.25, 0.3) is 5.91 Å². The number of ether oxygens (including phenoxy) is 1. The molecule has 1 atom stereocenters. The molecule has 0 aromatic heterocycles. The van der Waals surface area contributed by atoms with Gasteiger partial charge in [-0.2, -0.15) is 0 Å². The SMILES string of the molecule is CC[C@H](Oc1ccccc1Cl)C(=O)NCCCN1CCCCC1. The van der Waals surface area contributed by atoms with E-state index in [2.05, 4.69) is 10.2 Å². The summed E-state index contributed by atoms with van der Waals surface area (Å²) >= 11 is 6.08. The molecule has 1 fully saturated rings. The fourth-order valence-corrected chi connectivity index (χ4v) is 3.01. The van der Waals surface area contributed by atoms with Gasteiger partial charge in [-0.15, -0.1) is 0 Å². The predicted molar refractivity (Wildman–Crippen MR) is 94.1 cm³/mol. The number of para-hydroxylation sites is 1. The first kappa shape index (κ1) is 18.1. The summed E-state index contributed by atoms with van der Waals surface area (Å²) in [5.41, 5.74) is 0. The van der Waals surface area contributed by atoms with Crippen molar-refractivity contribution in [2.75, 3.05) is 26.2 Å². The molecule has 128 valence electrons. The second-order valence-electron chi connectivity index (χ2n) is 5.99. The second-order valence-corrected chi connectivity index (χ2v) is 6.40. The molecule has 0 aliphatic carbocycles. The molecule has 1 aromatic rings. The average molecular weight is 339 g/mol. The van der Waals surface area contributed by atoms with Gasteiger partial charge in [-0.05, 0) is 57.5 Å². The van der Waals surface area contributed by atoms with E-state index in [1.807, 2.05) is 19.1 Å². The van der Waals surface area contributed by atoms with Crippen LogP contribution < -0.4 is 10.1 Å². The molecule has 0 saturated carbocycles. The molecule has 5 heteroatoms. The van der Waals surface area contributed by atoms with Crippen molar-refractivity contribution in [3.05, 3.63) is 29.3 Å². The standard InChI is InChI=1S/C18H27ClN2O2/c1-2-16(23-17-10-5-4-9-15(17)19)18(22)20-11-8-14-21-12-6-3-7-13-21/h4-5,9-10,16H,2-3,6-8,11-14H2,1H3,(H,20,22)/t16-/m0/s1. The van der Waals surface area contributed by atoms with Crippen LogP contribution in [0, 0.1) is 0 Å². The molecule has 4 nitrogen and oxygen atoms in total. The van der Waals surface area contributed by atoms with Gasteiger partial charge in [0.05, 0.1) is 5.02 Å². The van der Waals surface area contributed by atoms with Crippen molar-refractivity contribution >= 4 is 17.5 Å². The maximum Gasteiger partial charge on any atom is 0.261 e. The van der Waals surface area contributed by atoms with E-state index in [1.54, 1.807) is 12.1 Å². The number of amides is 1. The molecule has 1 saturated heterocycles. The Morgan fingerprint density at radius 3 is 2.74 bits per heavy atom. The maximum absolute atomic E-state index is 12.2. The molecule has 1 amide bonds. The number of hydrogen-bond donors (Lipinski definition) is 1. The van der Waals surface area contributed by atoms with Crippen LogP contribution in [0.3, 0.4) is 0 Å². The van der Waals surface area contributed by atoms with Crippen LogP contribution in [-0.4, -0.2) is 43.1 Å². The zero-order valence-electron chi connectivity index (χ0n) is 13.9. The predicted octanol–water partition coefficient (Wildman–Crippen LogP) is 3.49. The van der Waals surface area contributed by atoms with E-state index in [1.165, 1.54) is 32.4 Å². The third kappa shape index (κ3) is 6.04. The number of nitrogens with one attached hydrogen (secondary N) is 1. The molecular formula is C18H27ClN2O2. The Morgan fingerprint density at radius 1 is 1.30 bits per heavy atom. The molecule has 1 N–H and O–H groups in total. The van der Waals surface area contributed by atoms with Crippen molar-refractivity contribution < 1.29 is 9.53 Å². The topological polar surface area (TPSA) is 41.6 Å². The normalized spacial score (nSPS) is 16.8. The van der Waals surface area contributed by atoms with Gasteiger partial charge in [-0.3, -0.25) is 4.79 Å². The molecule has 1 aliphatic rings. The fraction of sp³-hybridized carbons (Fsp3) is 0.611. The lowest BCUT2D eigenvalue weighted by molar-refractivity contribution is -0.128. The Bertz CT molecular complexity index is 490. The summed E-state index contributed by atoms with van der Waals surface area (Å²) in [6, 6.07) is 7.25. The molecular weight excluding hydrogens is 312 g/mol. The Morgan fingerprint density at radius 2 is 2.04 bits per heavy atom. The van der Waals surface area contributed by atoms with Crippen LogP contribution in [0.4, 0.5) is 0 Å². The molecule has 23 heavy (non-hydrogen) atoms. The highest BCUT2D eigenvalue weighted by Gasteiger charge is 2.19. The van der Waals surface area contributed by atoms with Gasteiger partial charge in [0.2, 0.25) is 0 Å². The van der Waals surface area contributed by atoms with Crippen LogP contribution in [-0.2, 0) is 4.79 Å². The summed E-state index contributed by atoms with van der Waals surface area (Å²) < 4.78 is 5.75. The minimum Gasteiger partial charge on any atom is -0.479 e. The first-order chi connectivity index (χ1) is 11.2. The first-order valence-electron chi connectivity index (χ1n) is 8.62. The van der Waals surface area contributed by atoms with Crippen LogP contribution >= 0.6 is 11.6 Å². The van der Waals surface area contributed by atoms with Crippen molar-refractivity contribution in [1.82, 2.24) is 10.2 Å². The number of carbonyl (C=O) groups excluding carboxylic acids is 1. The summed E-state index contributed by atoms with van der Waals surface area (Å²) in [7, 11) is 0. The van der Waals surface area contributed by atoms with Crippen molar-refractivity contribution in [1.29, 1.82) is 0 Å². The van der Waals surface area contributed by atoms with Crippen LogP contribution in [0.1, 0.15) is 39.0 Å². The number of halogens is 1. The van der Waals surface area contributed by atoms with Crippen molar-refractivity contribution in [3.63, 3.8) is 0 Å². The largest absolute Gasteiger partial charge is 0.479 e. The van der Waals surface area contributed by atoms with Gasteiger partial charge in [0.1, 0.15) is 5.75 Å². The van der Waals surface area contributed by atoms with Crippen LogP contribution in [0.15, 0.2) is 24.3 Å². The summed E-state index contributed by atoms with van der Waals surface area (Å²) in [5.74, 6) is 0.496. The molecule has 2 rings (SSSR count). The minimum atomic E-state index is -0.495. The van der Waals surface area contributed by atoms with Gasteiger partial charge in [0.15, 0.2) is 6.10 Å². The number of carbonyl (C=O) groups is 1. The molecule has 1 aliphatic heterocycles. The van der Waals surface area contributed by atoms with E-state index in [0.717, 1.165) is 13.0 Å². The lowest BCUT2D eigenvalue weighted by Gasteiger charge is -2.26. The number of hydrogen-bond acceptors (Lipinski definition) is 3. The third-order valence-electron chi connectivity index (χ3n) is 4.17. The quantitative estimate of drug-likeness (QED) is 0.738. The summed E-state index contributed by atoms with van der Waals surface area (Å²) in [5, 5.41) is 3.51. The first-order valence-corrected chi connectivity index (χ1v) is 8.99. The Kier molecular flexibility index (Phi) is 7.69. The van der Waals surface area contributed by atoms with Gasteiger partial charge in [-0.25, -0.2) is 0 Å². The molecule has 0 unspecified atom stereocenters. The van der Waals surface area contributed by atoms with Crippen molar-refractivity contribution in [2.24, 2.45) is 0 Å². The number of piperidine rings is 1. The fourth-order valence-electron chi connectivity index (χ4n) is 2.83. The number of likely N-dealkylation sites (tertiary alicyclic amines) is 1. The number of benzene rings is 1. The molecule has 0 spiro atoms. The number of rotatable bonds is 8. The van der Waals surface area contributed by atoms with E-state index in [-0.39, 0.29) is 5.91 Å². The van der Waals surface area contributed by atoms with Crippen LogP contribution in [0.25, 0.3) is 0 Å². The zero-order valence-corrected chi connectivity index (χ0v) is 14.6. The van der Waals surface area contributed by atoms with Gasteiger partial charge in [0, 0.05) is 6.54 Å². The monoisotopic (exact) mass is 338 g/mol. The van der Waals surface area contributed by atoms with E-state index in [0.29, 0.717) is 23.7 Å². The summed E-state index contributed by atoms with van der Waals surface area (Å²) in [6.45, 7) is 6.08. The highest BCUT2D eigenvalue weighted by molar-refractivity contribution is 6.32. The van der Waals surface area contributed by atoms with E-state index in [4.69, 9.17) is 16.3 Å². The zero-order chi connectivity index (χ0) is 16.5. The Balaban J connectivity index is 1.71. The lowest BCUT2D eigenvalue weighted by atomic mass is 10.1. The molecule has 1 heterocycles. The Hall–Kier alpha value is -1.26. The van der Waals surface area contributed by atoms with Gasteiger partial charge < -0.3 is 15.0 Å². The van der Waals surface area contributed by atoms with E-state index < -0.39 is 6.10 Å². The minimum absolute atomic E-state index is 0.0638. The van der Waals surface area contributed by atoms with Crippen molar-refractivity contribution in [2.45, 2.75) is 45.1 Å². The maximum atomic E-state index is 12.2. The molecule has 0 bridgehead atoms. The van der Waals surface area contributed by atoms with Crippen LogP contribution in [0.5, 0.6) is 5.75 Å². The summed E-state index contributed by atoms with van der Waals surface area (Å²) in [6.07, 6.45) is 5.05. The molecule has 1 aromatic carbocycles.